The Morgan fingerprint density at radius 1 is 1.23 bits per heavy atom. The fourth-order valence-electron chi connectivity index (χ4n) is 6.30. The van der Waals surface area contributed by atoms with Crippen LogP contribution in [0.15, 0.2) is 36.8 Å². The van der Waals surface area contributed by atoms with Crippen molar-refractivity contribution in [2.45, 2.75) is 37.8 Å². The number of hydrogen-bond donors (Lipinski definition) is 2. The third-order valence-electron chi connectivity index (χ3n) is 8.00. The van der Waals surface area contributed by atoms with E-state index < -0.39 is 0 Å². The number of carbonyl (C=O) groups is 2. The predicted octanol–water partition coefficient (Wildman–Crippen LogP) is 1.58. The second-order valence-corrected chi connectivity index (χ2v) is 9.42. The summed E-state index contributed by atoms with van der Waals surface area (Å²) in [5.74, 6) is -0.00286. The number of benzene rings is 1. The first-order chi connectivity index (χ1) is 14.6. The summed E-state index contributed by atoms with van der Waals surface area (Å²) in [7, 11) is 0. The highest BCUT2D eigenvalue weighted by Crippen LogP contribution is 2.59. The van der Waals surface area contributed by atoms with Crippen LogP contribution in [-0.2, 0) is 9.59 Å². The van der Waals surface area contributed by atoms with E-state index in [4.69, 9.17) is 0 Å². The Labute approximate surface area is 175 Å². The zero-order chi connectivity index (χ0) is 20.5. The summed E-state index contributed by atoms with van der Waals surface area (Å²) in [6, 6.07) is 8.56. The third-order valence-corrected chi connectivity index (χ3v) is 8.00. The van der Waals surface area contributed by atoms with Gasteiger partial charge in [-0.1, -0.05) is 24.3 Å². The van der Waals surface area contributed by atoms with Gasteiger partial charge in [0.05, 0.1) is 36.3 Å². The SMILES string of the molecule is O=C1CC(C(=O)N2CCC3(CC2)CC(C2c4ccccc4-c4cncn42)C3O)CN1. The van der Waals surface area contributed by atoms with Crippen molar-refractivity contribution in [3.05, 3.63) is 42.4 Å². The molecule has 2 N–H and O–H groups in total. The Balaban J connectivity index is 1.16. The van der Waals surface area contributed by atoms with Crippen molar-refractivity contribution in [3.63, 3.8) is 0 Å². The third kappa shape index (κ3) is 2.44. The second kappa shape index (κ2) is 6.41. The van der Waals surface area contributed by atoms with Gasteiger partial charge in [-0.25, -0.2) is 4.98 Å². The van der Waals surface area contributed by atoms with Gasteiger partial charge < -0.3 is 19.9 Å². The number of fused-ring (bicyclic) bond motifs is 3. The lowest BCUT2D eigenvalue weighted by Crippen LogP contribution is -2.60. The minimum Gasteiger partial charge on any atom is -0.392 e. The van der Waals surface area contributed by atoms with Gasteiger partial charge in [-0.05, 0) is 24.8 Å². The quantitative estimate of drug-likeness (QED) is 0.793. The number of carbonyl (C=O) groups excluding carboxylic acids is 2. The van der Waals surface area contributed by atoms with Crippen molar-refractivity contribution in [2.24, 2.45) is 17.3 Å². The summed E-state index contributed by atoms with van der Waals surface area (Å²) in [5.41, 5.74) is 3.53. The summed E-state index contributed by atoms with van der Waals surface area (Å²) < 4.78 is 2.22. The van der Waals surface area contributed by atoms with Crippen molar-refractivity contribution >= 4 is 11.8 Å². The molecule has 1 aromatic carbocycles. The Morgan fingerprint density at radius 3 is 2.77 bits per heavy atom. The lowest BCUT2D eigenvalue weighted by molar-refractivity contribution is -0.166. The summed E-state index contributed by atoms with van der Waals surface area (Å²) in [4.78, 5) is 30.4. The maximum atomic E-state index is 12.7. The Kier molecular flexibility index (Phi) is 3.87. The molecule has 4 heterocycles. The largest absolute Gasteiger partial charge is 0.392 e. The first-order valence-electron chi connectivity index (χ1n) is 10.9. The Hall–Kier alpha value is -2.67. The van der Waals surface area contributed by atoms with Gasteiger partial charge in [0.2, 0.25) is 11.8 Å². The molecule has 3 aliphatic heterocycles. The van der Waals surface area contributed by atoms with Crippen LogP contribution in [0.4, 0.5) is 0 Å². The predicted molar refractivity (Wildman–Crippen MR) is 109 cm³/mol. The number of amides is 2. The van der Waals surface area contributed by atoms with E-state index in [9.17, 15) is 14.7 Å². The molecule has 0 radical (unpaired) electrons. The molecule has 2 aromatic rings. The zero-order valence-electron chi connectivity index (χ0n) is 16.8. The highest BCUT2D eigenvalue weighted by molar-refractivity contribution is 5.89. The van der Waals surface area contributed by atoms with E-state index in [2.05, 4.69) is 39.1 Å². The van der Waals surface area contributed by atoms with Gasteiger partial charge >= 0.3 is 0 Å². The van der Waals surface area contributed by atoms with E-state index in [-0.39, 0.29) is 41.2 Å². The van der Waals surface area contributed by atoms with E-state index in [1.807, 2.05) is 17.4 Å². The smallest absolute Gasteiger partial charge is 0.227 e. The number of aromatic nitrogens is 2. The first kappa shape index (κ1) is 18.1. The highest BCUT2D eigenvalue weighted by atomic mass is 16.3. The van der Waals surface area contributed by atoms with Crippen LogP contribution < -0.4 is 5.32 Å². The monoisotopic (exact) mass is 406 g/mol. The number of rotatable bonds is 2. The molecular formula is C23H26N4O3. The normalized spacial score (nSPS) is 31.2. The molecule has 1 saturated carbocycles. The van der Waals surface area contributed by atoms with E-state index in [1.54, 1.807) is 0 Å². The second-order valence-electron chi connectivity index (χ2n) is 9.42. The highest BCUT2D eigenvalue weighted by Gasteiger charge is 2.58. The van der Waals surface area contributed by atoms with Gasteiger partial charge in [-0.2, -0.15) is 0 Å². The standard InChI is InChI=1S/C23H26N4O3/c28-19-9-14(11-25-19)22(30)26-7-5-23(6-8-26)10-17(21(23)29)20-16-4-2-1-3-15(16)18-12-24-13-27(18)20/h1-4,12-14,17,20-21,29H,5-11H2,(H,25,28). The van der Waals surface area contributed by atoms with Gasteiger partial charge in [0.1, 0.15) is 0 Å². The average Bonchev–Trinajstić information content (AvgIpc) is 3.48. The Morgan fingerprint density at radius 2 is 2.03 bits per heavy atom. The molecule has 2 saturated heterocycles. The molecule has 7 nitrogen and oxygen atoms in total. The van der Waals surface area contributed by atoms with Gasteiger partial charge in [0.15, 0.2) is 0 Å². The molecule has 6 rings (SSSR count). The van der Waals surface area contributed by atoms with E-state index in [0.29, 0.717) is 26.1 Å². The van der Waals surface area contributed by atoms with Crippen LogP contribution in [-0.4, -0.2) is 57.1 Å². The molecular weight excluding hydrogens is 380 g/mol. The molecule has 3 fully saturated rings. The minimum atomic E-state index is -0.379. The molecule has 1 aliphatic carbocycles. The summed E-state index contributed by atoms with van der Waals surface area (Å²) in [5, 5.41) is 14.1. The molecule has 0 bridgehead atoms. The van der Waals surface area contributed by atoms with Crippen molar-refractivity contribution in [3.8, 4) is 11.3 Å². The van der Waals surface area contributed by atoms with Crippen LogP contribution >= 0.6 is 0 Å². The van der Waals surface area contributed by atoms with Crippen molar-refractivity contribution < 1.29 is 14.7 Å². The lowest BCUT2D eigenvalue weighted by Gasteiger charge is -2.58. The van der Waals surface area contributed by atoms with Gasteiger partial charge in [-0.15, -0.1) is 0 Å². The van der Waals surface area contributed by atoms with E-state index in [0.717, 1.165) is 25.0 Å². The van der Waals surface area contributed by atoms with Gasteiger partial charge in [-0.3, -0.25) is 9.59 Å². The molecule has 4 atom stereocenters. The van der Waals surface area contributed by atoms with Crippen LogP contribution in [0.5, 0.6) is 0 Å². The summed E-state index contributed by atoms with van der Waals surface area (Å²) in [6.45, 7) is 1.80. The van der Waals surface area contributed by atoms with E-state index >= 15 is 0 Å². The maximum Gasteiger partial charge on any atom is 0.227 e. The number of aliphatic hydroxyl groups is 1. The maximum absolute atomic E-state index is 12.7. The molecule has 7 heteroatoms. The fourth-order valence-corrected chi connectivity index (χ4v) is 6.30. The number of piperidine rings is 1. The lowest BCUT2D eigenvalue weighted by atomic mass is 9.53. The molecule has 2 amide bonds. The minimum absolute atomic E-state index is 0.0326. The number of hydrogen-bond acceptors (Lipinski definition) is 4. The molecule has 4 aliphatic rings. The van der Waals surface area contributed by atoms with Gasteiger partial charge in [0, 0.05) is 43.0 Å². The molecule has 1 spiro atoms. The van der Waals surface area contributed by atoms with Crippen molar-refractivity contribution in [1.29, 1.82) is 0 Å². The molecule has 30 heavy (non-hydrogen) atoms. The molecule has 4 unspecified atom stereocenters. The number of nitrogens with one attached hydrogen (secondary N) is 1. The molecule has 1 aromatic heterocycles. The number of aliphatic hydroxyl groups excluding tert-OH is 1. The van der Waals surface area contributed by atoms with Crippen molar-refractivity contribution in [2.75, 3.05) is 19.6 Å². The van der Waals surface area contributed by atoms with E-state index in [1.165, 1.54) is 11.1 Å². The van der Waals surface area contributed by atoms with Crippen molar-refractivity contribution in [1.82, 2.24) is 19.8 Å². The van der Waals surface area contributed by atoms with Crippen LogP contribution in [0.3, 0.4) is 0 Å². The van der Waals surface area contributed by atoms with Crippen LogP contribution in [0.25, 0.3) is 11.3 Å². The van der Waals surface area contributed by atoms with Gasteiger partial charge in [0.25, 0.3) is 0 Å². The number of nitrogens with zero attached hydrogens (tertiary/aromatic N) is 3. The van der Waals surface area contributed by atoms with Crippen LogP contribution in [0, 0.1) is 17.3 Å². The fraction of sp³-hybridized carbons (Fsp3) is 0.522. The van der Waals surface area contributed by atoms with Crippen LogP contribution in [0.1, 0.15) is 37.3 Å². The Bertz CT molecular complexity index is 1020. The van der Waals surface area contributed by atoms with Crippen LogP contribution in [0.2, 0.25) is 0 Å². The number of imidazole rings is 1. The number of likely N-dealkylation sites (tertiary alicyclic amines) is 1. The topological polar surface area (TPSA) is 87.5 Å². The first-order valence-corrected chi connectivity index (χ1v) is 10.9. The summed E-state index contributed by atoms with van der Waals surface area (Å²) >= 11 is 0. The average molecular weight is 406 g/mol. The molecule has 156 valence electrons. The zero-order valence-corrected chi connectivity index (χ0v) is 16.8. The summed E-state index contributed by atoms with van der Waals surface area (Å²) in [6.07, 6.45) is 6.35.